The van der Waals surface area contributed by atoms with Gasteiger partial charge in [-0.1, -0.05) is 12.1 Å². The van der Waals surface area contributed by atoms with E-state index in [4.69, 9.17) is 4.42 Å². The highest BCUT2D eigenvalue weighted by Gasteiger charge is 2.22. The fourth-order valence-corrected chi connectivity index (χ4v) is 3.14. The molecule has 0 radical (unpaired) electrons. The number of rotatable bonds is 5. The Morgan fingerprint density at radius 2 is 1.96 bits per heavy atom. The number of β-amino-alcohol motifs (C(OH)–C–C–N with tert-alkyl or cyclic N) is 1. The van der Waals surface area contributed by atoms with E-state index in [1.807, 2.05) is 23.1 Å². The Kier molecular flexibility index (Phi) is 5.01. The number of piperazine rings is 1. The lowest BCUT2D eigenvalue weighted by Crippen LogP contribution is -2.50. The summed E-state index contributed by atoms with van der Waals surface area (Å²) in [6.45, 7) is 5.58. The third kappa shape index (κ3) is 3.68. The van der Waals surface area contributed by atoms with E-state index >= 15 is 0 Å². The number of para-hydroxylation sites is 2. The molecule has 2 heterocycles. The van der Waals surface area contributed by atoms with Crippen molar-refractivity contribution < 1.29 is 14.3 Å². The average molecular weight is 333 g/mol. The largest absolute Gasteiger partial charge is 0.419 e. The summed E-state index contributed by atoms with van der Waals surface area (Å²) in [5, 5.41) is 9.42. The highest BCUT2D eigenvalue weighted by molar-refractivity contribution is 5.77. The van der Waals surface area contributed by atoms with Crippen LogP contribution in [0.2, 0.25) is 0 Å². The van der Waals surface area contributed by atoms with Gasteiger partial charge in [-0.25, -0.2) is 4.79 Å². The standard InChI is InChI=1S/C17H23N3O4/c1-13(21)12-18-8-10-19(11-9-18)16(22)6-7-20-14-4-2-3-5-15(14)24-17(20)23/h2-5,13,21H,6-12H2,1H3/t13-/m1/s1. The number of aromatic nitrogens is 1. The highest BCUT2D eigenvalue weighted by Crippen LogP contribution is 2.13. The summed E-state index contributed by atoms with van der Waals surface area (Å²) in [7, 11) is 0. The van der Waals surface area contributed by atoms with Crippen molar-refractivity contribution in [3.63, 3.8) is 0 Å². The molecule has 1 aromatic heterocycles. The van der Waals surface area contributed by atoms with Gasteiger partial charge < -0.3 is 14.4 Å². The Morgan fingerprint density at radius 1 is 1.25 bits per heavy atom. The van der Waals surface area contributed by atoms with Crippen LogP contribution < -0.4 is 5.76 Å². The first-order valence-corrected chi connectivity index (χ1v) is 8.31. The number of aliphatic hydroxyl groups excluding tert-OH is 1. The summed E-state index contributed by atoms with van der Waals surface area (Å²) in [6.07, 6.45) is -0.0756. The van der Waals surface area contributed by atoms with Crippen LogP contribution in [0.1, 0.15) is 13.3 Å². The molecule has 7 nitrogen and oxygen atoms in total. The number of aliphatic hydroxyl groups is 1. The van der Waals surface area contributed by atoms with E-state index in [2.05, 4.69) is 4.90 Å². The number of hydrogen-bond acceptors (Lipinski definition) is 5. The van der Waals surface area contributed by atoms with Crippen LogP contribution in [-0.4, -0.2) is 64.2 Å². The molecule has 1 fully saturated rings. The second-order valence-electron chi connectivity index (χ2n) is 6.27. The zero-order chi connectivity index (χ0) is 17.1. The molecule has 0 aliphatic carbocycles. The number of hydrogen-bond donors (Lipinski definition) is 1. The summed E-state index contributed by atoms with van der Waals surface area (Å²) >= 11 is 0. The predicted molar refractivity (Wildman–Crippen MR) is 89.8 cm³/mol. The van der Waals surface area contributed by atoms with Gasteiger partial charge in [-0.15, -0.1) is 0 Å². The van der Waals surface area contributed by atoms with Gasteiger partial charge in [0.25, 0.3) is 0 Å². The van der Waals surface area contributed by atoms with Gasteiger partial charge in [0.1, 0.15) is 0 Å². The van der Waals surface area contributed by atoms with Gasteiger partial charge in [0.15, 0.2) is 5.58 Å². The Morgan fingerprint density at radius 3 is 2.67 bits per heavy atom. The summed E-state index contributed by atoms with van der Waals surface area (Å²) in [5.74, 6) is -0.380. The van der Waals surface area contributed by atoms with Crippen molar-refractivity contribution in [2.45, 2.75) is 26.0 Å². The van der Waals surface area contributed by atoms with Crippen LogP contribution in [0.15, 0.2) is 33.5 Å². The quantitative estimate of drug-likeness (QED) is 0.862. The van der Waals surface area contributed by atoms with Gasteiger partial charge in [0.05, 0.1) is 11.6 Å². The molecule has 0 bridgehead atoms. The molecule has 0 unspecified atom stereocenters. The topological polar surface area (TPSA) is 78.9 Å². The highest BCUT2D eigenvalue weighted by atomic mass is 16.4. The van der Waals surface area contributed by atoms with Gasteiger partial charge in [0, 0.05) is 45.7 Å². The van der Waals surface area contributed by atoms with E-state index in [9.17, 15) is 14.7 Å². The first kappa shape index (κ1) is 16.7. The third-order valence-electron chi connectivity index (χ3n) is 4.37. The van der Waals surface area contributed by atoms with Crippen LogP contribution in [-0.2, 0) is 11.3 Å². The number of carbonyl (C=O) groups excluding carboxylic acids is 1. The lowest BCUT2D eigenvalue weighted by atomic mass is 10.2. The Labute approximate surface area is 140 Å². The van der Waals surface area contributed by atoms with E-state index in [1.165, 1.54) is 4.57 Å². The third-order valence-corrected chi connectivity index (χ3v) is 4.37. The van der Waals surface area contributed by atoms with Crippen molar-refractivity contribution in [1.82, 2.24) is 14.4 Å². The van der Waals surface area contributed by atoms with Crippen LogP contribution in [0.3, 0.4) is 0 Å². The zero-order valence-corrected chi connectivity index (χ0v) is 13.9. The molecule has 24 heavy (non-hydrogen) atoms. The van der Waals surface area contributed by atoms with Crippen molar-refractivity contribution in [1.29, 1.82) is 0 Å². The Bertz CT molecular complexity index is 757. The zero-order valence-electron chi connectivity index (χ0n) is 13.9. The molecule has 1 aliphatic heterocycles. The molecule has 1 N–H and O–H groups in total. The molecule has 2 aromatic rings. The molecule has 1 aromatic carbocycles. The molecule has 1 saturated heterocycles. The van der Waals surface area contributed by atoms with Gasteiger partial charge in [-0.3, -0.25) is 14.3 Å². The Hall–Kier alpha value is -2.12. The number of amides is 1. The van der Waals surface area contributed by atoms with Crippen LogP contribution in [0.4, 0.5) is 0 Å². The second kappa shape index (κ2) is 7.19. The summed E-state index contributed by atoms with van der Waals surface area (Å²) in [6, 6.07) is 7.22. The summed E-state index contributed by atoms with van der Waals surface area (Å²) in [5.41, 5.74) is 1.26. The molecule has 1 atom stereocenters. The number of nitrogens with zero attached hydrogens (tertiary/aromatic N) is 3. The maximum Gasteiger partial charge on any atom is 0.419 e. The minimum absolute atomic E-state index is 0.0453. The molecule has 130 valence electrons. The predicted octanol–water partition coefficient (Wildman–Crippen LogP) is 0.510. The molecule has 3 rings (SSSR count). The maximum absolute atomic E-state index is 12.4. The Balaban J connectivity index is 1.56. The van der Waals surface area contributed by atoms with Crippen LogP contribution in [0.25, 0.3) is 11.1 Å². The van der Waals surface area contributed by atoms with E-state index in [-0.39, 0.29) is 18.4 Å². The van der Waals surface area contributed by atoms with Crippen molar-refractivity contribution in [3.8, 4) is 0 Å². The first-order chi connectivity index (χ1) is 11.5. The smallest absolute Gasteiger partial charge is 0.408 e. The number of oxazole rings is 1. The van der Waals surface area contributed by atoms with Crippen molar-refractivity contribution in [3.05, 3.63) is 34.8 Å². The SMILES string of the molecule is C[C@@H](O)CN1CCN(C(=O)CCn2c(=O)oc3ccccc32)CC1. The fraction of sp³-hybridized carbons (Fsp3) is 0.529. The number of carbonyl (C=O) groups is 1. The van der Waals surface area contributed by atoms with E-state index < -0.39 is 5.76 Å². The van der Waals surface area contributed by atoms with Crippen molar-refractivity contribution in [2.24, 2.45) is 0 Å². The summed E-state index contributed by atoms with van der Waals surface area (Å²) in [4.78, 5) is 28.3. The number of fused-ring (bicyclic) bond motifs is 1. The van der Waals surface area contributed by atoms with E-state index in [1.54, 1.807) is 13.0 Å². The molecule has 0 saturated carbocycles. The lowest BCUT2D eigenvalue weighted by molar-refractivity contribution is -0.133. The fourth-order valence-electron chi connectivity index (χ4n) is 3.14. The monoisotopic (exact) mass is 333 g/mol. The minimum Gasteiger partial charge on any atom is -0.408 e. The number of aryl methyl sites for hydroxylation is 1. The van der Waals surface area contributed by atoms with Gasteiger partial charge in [0.2, 0.25) is 5.91 Å². The number of benzene rings is 1. The van der Waals surface area contributed by atoms with Crippen LogP contribution >= 0.6 is 0 Å². The lowest BCUT2D eigenvalue weighted by Gasteiger charge is -2.35. The minimum atomic E-state index is -0.425. The van der Waals surface area contributed by atoms with Gasteiger partial charge in [-0.05, 0) is 19.1 Å². The van der Waals surface area contributed by atoms with E-state index in [0.29, 0.717) is 31.8 Å². The maximum atomic E-state index is 12.4. The normalized spacial score (nSPS) is 17.3. The van der Waals surface area contributed by atoms with Gasteiger partial charge >= 0.3 is 5.76 Å². The molecule has 1 amide bonds. The molecular formula is C17H23N3O4. The summed E-state index contributed by atoms with van der Waals surface area (Å²) < 4.78 is 6.69. The average Bonchev–Trinajstić information content (AvgIpc) is 2.88. The van der Waals surface area contributed by atoms with Gasteiger partial charge in [-0.2, -0.15) is 0 Å². The molecule has 1 aliphatic rings. The van der Waals surface area contributed by atoms with Crippen LogP contribution in [0.5, 0.6) is 0 Å². The first-order valence-electron chi connectivity index (χ1n) is 8.31. The second-order valence-corrected chi connectivity index (χ2v) is 6.27. The molecule has 0 spiro atoms. The van der Waals surface area contributed by atoms with E-state index in [0.717, 1.165) is 18.6 Å². The van der Waals surface area contributed by atoms with Crippen molar-refractivity contribution >= 4 is 17.0 Å². The molecular weight excluding hydrogens is 310 g/mol. The van der Waals surface area contributed by atoms with Crippen molar-refractivity contribution in [2.75, 3.05) is 32.7 Å². The molecule has 7 heteroatoms. The van der Waals surface area contributed by atoms with Crippen LogP contribution in [0, 0.1) is 0 Å².